The molecule has 2 aromatic rings. The van der Waals surface area contributed by atoms with E-state index in [9.17, 15) is 14.4 Å². The topological polar surface area (TPSA) is 130 Å². The summed E-state index contributed by atoms with van der Waals surface area (Å²) in [6.07, 6.45) is 20.2. The SMILES string of the molecule is CCCCCCCCCCCCCCCCCC(=O)O.O=C(OO)c1ccccc1.O=C(OO)c1ccccc1.[Zn]. The summed E-state index contributed by atoms with van der Waals surface area (Å²) in [6, 6.07) is 16.5. The first kappa shape index (κ1) is 40.5. The van der Waals surface area contributed by atoms with Crippen LogP contribution < -0.4 is 0 Å². The van der Waals surface area contributed by atoms with Crippen molar-refractivity contribution in [1.29, 1.82) is 0 Å². The number of carbonyl (C=O) groups is 3. The number of rotatable bonds is 18. The van der Waals surface area contributed by atoms with Crippen LogP contribution in [0.1, 0.15) is 130 Å². The van der Waals surface area contributed by atoms with Crippen LogP contribution in [0.4, 0.5) is 0 Å². The fraction of sp³-hybridized carbons (Fsp3) is 0.531. The molecule has 9 heteroatoms. The molecular weight excluding hydrogens is 578 g/mol. The van der Waals surface area contributed by atoms with Crippen molar-refractivity contribution in [3.63, 3.8) is 0 Å². The molecule has 0 spiro atoms. The Morgan fingerprint density at radius 2 is 0.829 bits per heavy atom. The zero-order valence-electron chi connectivity index (χ0n) is 24.7. The summed E-state index contributed by atoms with van der Waals surface area (Å²) >= 11 is 0. The van der Waals surface area contributed by atoms with Gasteiger partial charge >= 0.3 is 17.9 Å². The van der Waals surface area contributed by atoms with Gasteiger partial charge in [-0.15, -0.1) is 0 Å². The molecule has 8 nitrogen and oxygen atoms in total. The molecule has 0 fully saturated rings. The average Bonchev–Trinajstić information content (AvgIpc) is 2.99. The van der Waals surface area contributed by atoms with Crippen molar-refractivity contribution in [2.24, 2.45) is 0 Å². The van der Waals surface area contributed by atoms with Crippen LogP contribution in [0.25, 0.3) is 0 Å². The molecule has 0 heterocycles. The Bertz CT molecular complexity index is 826. The van der Waals surface area contributed by atoms with Crippen LogP contribution in [-0.4, -0.2) is 33.5 Å². The van der Waals surface area contributed by atoms with Crippen LogP contribution >= 0.6 is 0 Å². The minimum atomic E-state index is -0.736. The van der Waals surface area contributed by atoms with Crippen molar-refractivity contribution >= 4 is 17.9 Å². The van der Waals surface area contributed by atoms with Gasteiger partial charge in [0.1, 0.15) is 0 Å². The van der Waals surface area contributed by atoms with Crippen molar-refractivity contribution < 1.29 is 59.3 Å². The summed E-state index contributed by atoms with van der Waals surface area (Å²) in [6.45, 7) is 2.27. The molecule has 2 rings (SSSR count). The van der Waals surface area contributed by atoms with E-state index in [4.69, 9.17) is 15.6 Å². The molecule has 0 aliphatic heterocycles. The smallest absolute Gasteiger partial charge is 0.372 e. The molecule has 0 amide bonds. The average molecular weight is 626 g/mol. The van der Waals surface area contributed by atoms with E-state index in [-0.39, 0.29) is 19.5 Å². The number of benzene rings is 2. The third kappa shape index (κ3) is 26.1. The third-order valence-electron chi connectivity index (χ3n) is 6.18. The van der Waals surface area contributed by atoms with Crippen LogP contribution in [0.2, 0.25) is 0 Å². The molecule has 0 saturated heterocycles. The number of carboxylic acid groups (broad SMARTS) is 1. The first-order valence-electron chi connectivity index (χ1n) is 14.5. The summed E-state index contributed by atoms with van der Waals surface area (Å²) in [5, 5.41) is 24.4. The minimum absolute atomic E-state index is 0. The van der Waals surface area contributed by atoms with E-state index in [2.05, 4.69) is 16.7 Å². The summed E-state index contributed by atoms with van der Waals surface area (Å²) in [4.78, 5) is 38.4. The van der Waals surface area contributed by atoms with Gasteiger partial charge in [-0.1, -0.05) is 133 Å². The summed E-state index contributed by atoms with van der Waals surface area (Å²) in [5.74, 6) is -2.12. The Kier molecular flexibility index (Phi) is 30.0. The van der Waals surface area contributed by atoms with Gasteiger partial charge < -0.3 is 5.11 Å². The Labute approximate surface area is 258 Å². The zero-order chi connectivity index (χ0) is 29.7. The normalized spacial score (nSPS) is 9.63. The van der Waals surface area contributed by atoms with Gasteiger partial charge in [-0.3, -0.25) is 14.6 Å². The number of aliphatic carboxylic acids is 1. The van der Waals surface area contributed by atoms with Gasteiger partial charge in [0, 0.05) is 25.9 Å². The second kappa shape index (κ2) is 30.4. The van der Waals surface area contributed by atoms with Gasteiger partial charge in [0.25, 0.3) is 0 Å². The Morgan fingerprint density at radius 3 is 1.10 bits per heavy atom. The number of hydrogen-bond donors (Lipinski definition) is 3. The first-order valence-corrected chi connectivity index (χ1v) is 14.5. The molecule has 0 aliphatic rings. The van der Waals surface area contributed by atoms with Crippen molar-refractivity contribution in [1.82, 2.24) is 0 Å². The predicted molar refractivity (Wildman–Crippen MR) is 156 cm³/mol. The fourth-order valence-corrected chi connectivity index (χ4v) is 3.90. The van der Waals surface area contributed by atoms with Crippen LogP contribution in [0.3, 0.4) is 0 Å². The van der Waals surface area contributed by atoms with E-state index in [1.54, 1.807) is 60.7 Å². The van der Waals surface area contributed by atoms with Crippen LogP contribution in [0.5, 0.6) is 0 Å². The fourth-order valence-electron chi connectivity index (χ4n) is 3.90. The molecule has 0 saturated carbocycles. The molecule has 0 unspecified atom stereocenters. The van der Waals surface area contributed by atoms with E-state index in [0.29, 0.717) is 17.5 Å². The van der Waals surface area contributed by atoms with Crippen molar-refractivity contribution in [3.8, 4) is 0 Å². The van der Waals surface area contributed by atoms with E-state index in [1.807, 2.05) is 0 Å². The largest absolute Gasteiger partial charge is 0.481 e. The molecule has 0 aromatic heterocycles. The molecule has 0 aliphatic carbocycles. The maximum absolute atomic E-state index is 10.5. The van der Waals surface area contributed by atoms with E-state index < -0.39 is 17.9 Å². The predicted octanol–water partition coefficient (Wildman–Crippen LogP) is 8.96. The van der Waals surface area contributed by atoms with Gasteiger partial charge in [-0.25, -0.2) is 9.59 Å². The monoisotopic (exact) mass is 624 g/mol. The molecule has 2 aromatic carbocycles. The maximum atomic E-state index is 10.5. The summed E-state index contributed by atoms with van der Waals surface area (Å²) in [5.41, 5.74) is 0.676. The van der Waals surface area contributed by atoms with Gasteiger partial charge in [0.15, 0.2) is 0 Å². The number of carboxylic acids is 1. The van der Waals surface area contributed by atoms with Crippen LogP contribution in [-0.2, 0) is 34.0 Å². The molecule has 0 atom stereocenters. The van der Waals surface area contributed by atoms with Gasteiger partial charge in [-0.2, -0.15) is 10.5 Å². The van der Waals surface area contributed by atoms with E-state index in [0.717, 1.165) is 12.8 Å². The zero-order valence-corrected chi connectivity index (χ0v) is 27.6. The first-order chi connectivity index (χ1) is 19.5. The molecule has 226 valence electrons. The van der Waals surface area contributed by atoms with Gasteiger partial charge in [-0.05, 0) is 30.7 Å². The molecular formula is C32H48O8Zn. The number of unbranched alkanes of at least 4 members (excludes halogenated alkanes) is 14. The third-order valence-corrected chi connectivity index (χ3v) is 6.18. The van der Waals surface area contributed by atoms with E-state index in [1.165, 1.54) is 83.5 Å². The number of hydrogen-bond acceptors (Lipinski definition) is 7. The molecule has 41 heavy (non-hydrogen) atoms. The van der Waals surface area contributed by atoms with Crippen LogP contribution in [0.15, 0.2) is 60.7 Å². The molecule has 3 N–H and O–H groups in total. The quantitative estimate of drug-likeness (QED) is 0.0647. The standard InChI is InChI=1S/C18H36O2.2C7H6O3.Zn/c1-2-3-4-5-6-7-8-9-10-11-12-13-14-15-16-17-18(19)20;2*8-7(10-9)6-4-2-1-3-5-6;/h2-17H2,1H3,(H,19,20);2*1-5,9H;. The second-order valence-corrected chi connectivity index (χ2v) is 9.58. The Hall–Kier alpha value is -2.61. The van der Waals surface area contributed by atoms with Gasteiger partial charge in [0.05, 0.1) is 11.1 Å². The minimum Gasteiger partial charge on any atom is -0.481 e. The van der Waals surface area contributed by atoms with E-state index >= 15 is 0 Å². The molecule has 0 bridgehead atoms. The molecule has 0 radical (unpaired) electrons. The van der Waals surface area contributed by atoms with Crippen LogP contribution in [0, 0.1) is 0 Å². The Balaban J connectivity index is 0. The number of carbonyl (C=O) groups excluding carboxylic acids is 2. The Morgan fingerprint density at radius 1 is 0.537 bits per heavy atom. The maximum Gasteiger partial charge on any atom is 0.372 e. The van der Waals surface area contributed by atoms with Crippen molar-refractivity contribution in [2.45, 2.75) is 110 Å². The second-order valence-electron chi connectivity index (χ2n) is 9.58. The van der Waals surface area contributed by atoms with Gasteiger partial charge in [0.2, 0.25) is 0 Å². The summed E-state index contributed by atoms with van der Waals surface area (Å²) in [7, 11) is 0. The van der Waals surface area contributed by atoms with Crippen molar-refractivity contribution in [3.05, 3.63) is 71.8 Å². The summed E-state index contributed by atoms with van der Waals surface area (Å²) < 4.78 is 0. The van der Waals surface area contributed by atoms with Crippen molar-refractivity contribution in [2.75, 3.05) is 0 Å².